The van der Waals surface area contributed by atoms with Crippen LogP contribution in [-0.2, 0) is 25.4 Å². The van der Waals surface area contributed by atoms with Gasteiger partial charge in [-0.15, -0.1) is 5.10 Å². The third-order valence-corrected chi connectivity index (χ3v) is 7.29. The summed E-state index contributed by atoms with van der Waals surface area (Å²) in [7, 11) is -7.15. The largest absolute Gasteiger partial charge is 0.407 e. The molecule has 29 heavy (non-hydrogen) atoms. The topological polar surface area (TPSA) is 136 Å². The van der Waals surface area contributed by atoms with Gasteiger partial charge in [-0.05, 0) is 30.3 Å². The summed E-state index contributed by atoms with van der Waals surface area (Å²) < 4.78 is 53.8. The first kappa shape index (κ1) is 20.7. The van der Waals surface area contributed by atoms with Gasteiger partial charge >= 0.3 is 6.01 Å². The predicted octanol–water partition coefficient (Wildman–Crippen LogP) is 2.09. The normalized spacial score (nSPS) is 11.9. The van der Waals surface area contributed by atoms with Crippen molar-refractivity contribution in [3.05, 3.63) is 66.1 Å². The van der Waals surface area contributed by atoms with Crippen LogP contribution in [0.25, 0.3) is 0 Å². The molecule has 0 saturated carbocycles. The highest BCUT2D eigenvalue weighted by Gasteiger charge is 2.21. The van der Waals surface area contributed by atoms with Crippen LogP contribution in [0.5, 0.6) is 0 Å². The Bertz CT molecular complexity index is 1240. The van der Waals surface area contributed by atoms with Gasteiger partial charge in [0.2, 0.25) is 5.89 Å². The molecule has 1 amide bonds. The molecular weight excluding hydrogens is 418 g/mol. The van der Waals surface area contributed by atoms with Crippen molar-refractivity contribution in [1.29, 1.82) is 0 Å². The Hall–Kier alpha value is -3.05. The second kappa shape index (κ2) is 8.13. The number of carbonyl (C=O) groups is 1. The lowest BCUT2D eigenvalue weighted by molar-refractivity contribution is 0.102. The van der Waals surface area contributed by atoms with Gasteiger partial charge in [0.15, 0.2) is 19.7 Å². The molecule has 0 atom stereocenters. The van der Waals surface area contributed by atoms with Crippen LogP contribution in [0.15, 0.2) is 68.8 Å². The first-order valence-electron chi connectivity index (χ1n) is 8.45. The molecule has 0 aliphatic rings. The van der Waals surface area contributed by atoms with E-state index < -0.39 is 31.3 Å². The van der Waals surface area contributed by atoms with E-state index in [1.807, 2.05) is 0 Å². The molecule has 0 spiro atoms. The molecule has 3 aromatic rings. The molecule has 11 heteroatoms. The molecule has 9 nitrogen and oxygen atoms in total. The molecule has 0 fully saturated rings. The molecule has 0 radical (unpaired) electrons. The minimum Gasteiger partial charge on any atom is -0.407 e. The van der Waals surface area contributed by atoms with Crippen molar-refractivity contribution in [3.8, 4) is 0 Å². The lowest BCUT2D eigenvalue weighted by Crippen LogP contribution is -2.13. The molecule has 1 heterocycles. The predicted molar refractivity (Wildman–Crippen MR) is 104 cm³/mol. The third-order valence-electron chi connectivity index (χ3n) is 3.94. The van der Waals surface area contributed by atoms with E-state index in [4.69, 9.17) is 4.42 Å². The molecule has 2 aromatic carbocycles. The van der Waals surface area contributed by atoms with E-state index in [9.17, 15) is 21.6 Å². The average molecular weight is 435 g/mol. The maximum atomic E-state index is 12.3. The maximum absolute atomic E-state index is 12.3. The molecule has 1 N–H and O–H groups in total. The zero-order chi connectivity index (χ0) is 21.1. The lowest BCUT2D eigenvalue weighted by atomic mass is 10.2. The SMILES string of the molecule is CCS(=O)(=O)c1cccc(C(=O)Nc2nnc(CS(=O)(=O)c3ccccc3)o2)c1. The summed E-state index contributed by atoms with van der Waals surface area (Å²) in [6.07, 6.45) is 0. The van der Waals surface area contributed by atoms with Crippen molar-refractivity contribution in [1.82, 2.24) is 10.2 Å². The van der Waals surface area contributed by atoms with Crippen LogP contribution in [-0.4, -0.2) is 38.7 Å². The van der Waals surface area contributed by atoms with Crippen LogP contribution >= 0.6 is 0 Å². The fourth-order valence-electron chi connectivity index (χ4n) is 2.40. The van der Waals surface area contributed by atoms with Gasteiger partial charge in [0.05, 0.1) is 15.5 Å². The van der Waals surface area contributed by atoms with Crippen molar-refractivity contribution in [2.45, 2.75) is 22.5 Å². The number of benzene rings is 2. The number of carbonyl (C=O) groups excluding carboxylic acids is 1. The van der Waals surface area contributed by atoms with Crippen molar-refractivity contribution in [3.63, 3.8) is 0 Å². The molecular formula is C18H17N3O6S2. The van der Waals surface area contributed by atoms with E-state index >= 15 is 0 Å². The summed E-state index contributed by atoms with van der Waals surface area (Å²) in [5.41, 5.74) is 0.0798. The summed E-state index contributed by atoms with van der Waals surface area (Å²) in [5, 5.41) is 9.58. The second-order valence-corrected chi connectivity index (χ2v) is 10.2. The average Bonchev–Trinajstić information content (AvgIpc) is 3.14. The van der Waals surface area contributed by atoms with Crippen LogP contribution in [0.3, 0.4) is 0 Å². The molecule has 0 bridgehead atoms. The van der Waals surface area contributed by atoms with Gasteiger partial charge in [-0.2, -0.15) is 0 Å². The van der Waals surface area contributed by atoms with Crippen LogP contribution in [0, 0.1) is 0 Å². The molecule has 0 unspecified atom stereocenters. The molecule has 0 aliphatic heterocycles. The van der Waals surface area contributed by atoms with Crippen molar-refractivity contribution < 1.29 is 26.0 Å². The summed E-state index contributed by atoms with van der Waals surface area (Å²) >= 11 is 0. The van der Waals surface area contributed by atoms with Gasteiger partial charge in [0, 0.05) is 5.56 Å². The number of nitrogens with zero attached hydrogens (tertiary/aromatic N) is 2. The van der Waals surface area contributed by atoms with Crippen LogP contribution < -0.4 is 5.32 Å². The van der Waals surface area contributed by atoms with Crippen molar-refractivity contribution >= 4 is 31.6 Å². The first-order chi connectivity index (χ1) is 13.7. The fraction of sp³-hybridized carbons (Fsp3) is 0.167. The number of sulfone groups is 2. The fourth-order valence-corrected chi connectivity index (χ4v) is 4.51. The minimum atomic E-state index is -3.68. The van der Waals surface area contributed by atoms with Crippen molar-refractivity contribution in [2.75, 3.05) is 11.1 Å². The number of aromatic nitrogens is 2. The Balaban J connectivity index is 1.74. The standard InChI is InChI=1S/C18H17N3O6S2/c1-2-28(23,24)15-10-6-7-13(11-15)17(22)19-18-21-20-16(27-18)12-29(25,26)14-8-4-3-5-9-14/h3-11H,2,12H2,1H3,(H,19,21,22). The van der Waals surface area contributed by atoms with Gasteiger partial charge in [-0.1, -0.05) is 36.3 Å². The minimum absolute atomic E-state index is 0.0211. The summed E-state index contributed by atoms with van der Waals surface area (Å²) in [6.45, 7) is 1.51. The highest BCUT2D eigenvalue weighted by Crippen LogP contribution is 2.18. The molecule has 1 aromatic heterocycles. The molecule has 3 rings (SSSR count). The van der Waals surface area contributed by atoms with E-state index in [1.54, 1.807) is 18.2 Å². The number of amides is 1. The Kier molecular flexibility index (Phi) is 5.80. The summed E-state index contributed by atoms with van der Waals surface area (Å²) in [4.78, 5) is 12.5. The van der Waals surface area contributed by atoms with E-state index in [0.29, 0.717) is 0 Å². The zero-order valence-electron chi connectivity index (χ0n) is 15.3. The maximum Gasteiger partial charge on any atom is 0.322 e. The number of hydrogen-bond donors (Lipinski definition) is 1. The monoisotopic (exact) mass is 435 g/mol. The zero-order valence-corrected chi connectivity index (χ0v) is 16.9. The van der Waals surface area contributed by atoms with Gasteiger partial charge < -0.3 is 4.42 Å². The van der Waals surface area contributed by atoms with Crippen LogP contribution in [0.2, 0.25) is 0 Å². The highest BCUT2D eigenvalue weighted by atomic mass is 32.2. The first-order valence-corrected chi connectivity index (χ1v) is 11.8. The number of anilines is 1. The second-order valence-electron chi connectivity index (χ2n) is 5.96. The quantitative estimate of drug-likeness (QED) is 0.596. The van der Waals surface area contributed by atoms with E-state index in [1.165, 1.54) is 43.3 Å². The Labute approximate surface area is 167 Å². The van der Waals surface area contributed by atoms with E-state index in [-0.39, 0.29) is 33.0 Å². The Morgan fingerprint density at radius 3 is 2.31 bits per heavy atom. The van der Waals surface area contributed by atoms with Crippen LogP contribution in [0.4, 0.5) is 6.01 Å². The number of nitrogens with one attached hydrogen (secondary N) is 1. The third kappa shape index (κ3) is 4.87. The van der Waals surface area contributed by atoms with Crippen LogP contribution in [0.1, 0.15) is 23.2 Å². The van der Waals surface area contributed by atoms with Gasteiger partial charge in [0.25, 0.3) is 5.91 Å². The molecule has 0 aliphatic carbocycles. The van der Waals surface area contributed by atoms with Gasteiger partial charge in [-0.3, -0.25) is 10.1 Å². The summed E-state index contributed by atoms with van der Waals surface area (Å²) in [5.74, 6) is -1.48. The van der Waals surface area contributed by atoms with E-state index in [2.05, 4.69) is 15.5 Å². The van der Waals surface area contributed by atoms with Gasteiger partial charge in [0.1, 0.15) is 5.75 Å². The Morgan fingerprint density at radius 1 is 0.931 bits per heavy atom. The smallest absolute Gasteiger partial charge is 0.322 e. The molecule has 0 saturated heterocycles. The molecule has 152 valence electrons. The highest BCUT2D eigenvalue weighted by molar-refractivity contribution is 7.91. The van der Waals surface area contributed by atoms with Gasteiger partial charge in [-0.25, -0.2) is 16.8 Å². The lowest BCUT2D eigenvalue weighted by Gasteiger charge is -2.04. The Morgan fingerprint density at radius 2 is 1.62 bits per heavy atom. The number of hydrogen-bond acceptors (Lipinski definition) is 8. The number of rotatable bonds is 7. The summed E-state index contributed by atoms with van der Waals surface area (Å²) in [6, 6.07) is 13.0. The van der Waals surface area contributed by atoms with Crippen molar-refractivity contribution in [2.24, 2.45) is 0 Å². The van der Waals surface area contributed by atoms with E-state index in [0.717, 1.165) is 0 Å².